The summed E-state index contributed by atoms with van der Waals surface area (Å²) < 4.78 is 1.70. The molecule has 0 bridgehead atoms. The third-order valence-electron chi connectivity index (χ3n) is 3.26. The number of nitrogens with two attached hydrogens (primary N) is 1. The van der Waals surface area contributed by atoms with Gasteiger partial charge in [0.25, 0.3) is 5.69 Å². The fraction of sp³-hybridized carbons (Fsp3) is 0.0714. The van der Waals surface area contributed by atoms with E-state index in [1.807, 2.05) is 0 Å². The van der Waals surface area contributed by atoms with Crippen LogP contribution >= 0.6 is 0 Å². The van der Waals surface area contributed by atoms with Gasteiger partial charge in [0.2, 0.25) is 0 Å². The summed E-state index contributed by atoms with van der Waals surface area (Å²) in [6, 6.07) is 9.55. The van der Waals surface area contributed by atoms with E-state index in [2.05, 4.69) is 4.98 Å². The average molecular weight is 284 g/mol. The van der Waals surface area contributed by atoms with Crippen molar-refractivity contribution < 1.29 is 10.0 Å². The number of rotatable bonds is 3. The average Bonchev–Trinajstić information content (AvgIpc) is 2.83. The maximum Gasteiger partial charge on any atom is 0.269 e. The molecule has 21 heavy (non-hydrogen) atoms. The summed E-state index contributed by atoms with van der Waals surface area (Å²) in [7, 11) is 0. The van der Waals surface area contributed by atoms with Crippen LogP contribution in [0.15, 0.2) is 42.6 Å². The number of anilines is 1. The number of hydrogen-bond donors (Lipinski definition) is 2. The van der Waals surface area contributed by atoms with Crippen LogP contribution in [0.3, 0.4) is 0 Å². The minimum Gasteiger partial charge on any atom is -0.392 e. The van der Waals surface area contributed by atoms with Gasteiger partial charge in [-0.2, -0.15) is 0 Å². The molecule has 0 amide bonds. The number of aliphatic hydroxyl groups excluding tert-OH is 1. The van der Waals surface area contributed by atoms with E-state index >= 15 is 0 Å². The first kappa shape index (κ1) is 13.1. The maximum absolute atomic E-state index is 10.7. The lowest BCUT2D eigenvalue weighted by Crippen LogP contribution is -1.95. The molecule has 3 N–H and O–H groups in total. The number of nitrogen functional groups attached to an aromatic ring is 1. The van der Waals surface area contributed by atoms with Gasteiger partial charge in [-0.25, -0.2) is 4.98 Å². The molecule has 106 valence electrons. The van der Waals surface area contributed by atoms with Crippen LogP contribution in [0.25, 0.3) is 16.9 Å². The largest absolute Gasteiger partial charge is 0.392 e. The topological polar surface area (TPSA) is 107 Å². The van der Waals surface area contributed by atoms with E-state index < -0.39 is 4.92 Å². The van der Waals surface area contributed by atoms with Gasteiger partial charge >= 0.3 is 0 Å². The molecule has 0 unspecified atom stereocenters. The lowest BCUT2D eigenvalue weighted by Gasteiger charge is -2.00. The molecule has 3 rings (SSSR count). The number of nitro benzene ring substituents is 1. The van der Waals surface area contributed by atoms with E-state index in [1.54, 1.807) is 34.9 Å². The van der Waals surface area contributed by atoms with Crippen molar-refractivity contribution in [3.63, 3.8) is 0 Å². The number of imidazole rings is 1. The van der Waals surface area contributed by atoms with Crippen molar-refractivity contribution in [1.29, 1.82) is 0 Å². The molecule has 0 atom stereocenters. The van der Waals surface area contributed by atoms with Crippen molar-refractivity contribution in [3.8, 4) is 11.3 Å². The van der Waals surface area contributed by atoms with Crippen molar-refractivity contribution in [2.45, 2.75) is 6.61 Å². The van der Waals surface area contributed by atoms with Gasteiger partial charge in [-0.1, -0.05) is 0 Å². The molecule has 0 saturated carbocycles. The zero-order valence-corrected chi connectivity index (χ0v) is 10.9. The summed E-state index contributed by atoms with van der Waals surface area (Å²) in [5, 5.41) is 19.8. The predicted molar refractivity (Wildman–Crippen MR) is 77.6 cm³/mol. The molecule has 7 heteroatoms. The standard InChI is InChI=1S/C14H12N4O3/c15-14-13(10-1-3-11(4-2-10)18(20)21)16-12-7-9(8-19)5-6-17(12)14/h1-7,19H,8,15H2. The van der Waals surface area contributed by atoms with Gasteiger partial charge in [0.15, 0.2) is 0 Å². The number of pyridine rings is 1. The fourth-order valence-corrected chi connectivity index (χ4v) is 2.16. The summed E-state index contributed by atoms with van der Waals surface area (Å²) in [6.45, 7) is -0.0733. The molecule has 3 aromatic rings. The molecule has 0 aliphatic carbocycles. The van der Waals surface area contributed by atoms with Crippen LogP contribution in [0.1, 0.15) is 5.56 Å². The molecular formula is C14H12N4O3. The Bertz CT molecular complexity index is 824. The number of aliphatic hydroxyl groups is 1. The third kappa shape index (κ3) is 2.19. The SMILES string of the molecule is Nc1c(-c2ccc([N+](=O)[O-])cc2)nc2cc(CO)ccn12. The Morgan fingerprint density at radius 2 is 2.00 bits per heavy atom. The van der Waals surface area contributed by atoms with E-state index in [0.29, 0.717) is 22.7 Å². The molecule has 0 spiro atoms. The molecule has 0 aliphatic rings. The summed E-state index contributed by atoms with van der Waals surface area (Å²) in [6.07, 6.45) is 1.73. The zero-order valence-electron chi connectivity index (χ0n) is 10.9. The van der Waals surface area contributed by atoms with Crippen LogP contribution in [0.2, 0.25) is 0 Å². The van der Waals surface area contributed by atoms with Crippen LogP contribution < -0.4 is 5.73 Å². The highest BCUT2D eigenvalue weighted by Crippen LogP contribution is 2.28. The zero-order chi connectivity index (χ0) is 15.0. The first-order chi connectivity index (χ1) is 10.1. The smallest absolute Gasteiger partial charge is 0.269 e. The van der Waals surface area contributed by atoms with Crippen molar-refractivity contribution in [1.82, 2.24) is 9.38 Å². The molecule has 0 fully saturated rings. The number of nitrogens with zero attached hydrogens (tertiary/aromatic N) is 3. The van der Waals surface area contributed by atoms with Gasteiger partial charge in [0, 0.05) is 23.9 Å². The normalized spacial score (nSPS) is 10.9. The van der Waals surface area contributed by atoms with E-state index in [0.717, 1.165) is 5.56 Å². The summed E-state index contributed by atoms with van der Waals surface area (Å²) in [5.74, 6) is 0.448. The highest BCUT2D eigenvalue weighted by atomic mass is 16.6. The van der Waals surface area contributed by atoms with Crippen LogP contribution in [0, 0.1) is 10.1 Å². The lowest BCUT2D eigenvalue weighted by molar-refractivity contribution is -0.384. The van der Waals surface area contributed by atoms with Crippen LogP contribution in [-0.4, -0.2) is 19.4 Å². The molecule has 2 heterocycles. The lowest BCUT2D eigenvalue weighted by atomic mass is 10.1. The van der Waals surface area contributed by atoms with Crippen molar-refractivity contribution in [2.24, 2.45) is 0 Å². The second-order valence-electron chi connectivity index (χ2n) is 4.57. The van der Waals surface area contributed by atoms with Gasteiger partial charge in [-0.3, -0.25) is 14.5 Å². The molecule has 0 radical (unpaired) electrons. The van der Waals surface area contributed by atoms with Gasteiger partial charge in [0.1, 0.15) is 17.2 Å². The molecular weight excluding hydrogens is 272 g/mol. The van der Waals surface area contributed by atoms with E-state index in [9.17, 15) is 10.1 Å². The maximum atomic E-state index is 10.7. The Kier molecular flexibility index (Phi) is 3.03. The number of hydrogen-bond acceptors (Lipinski definition) is 5. The van der Waals surface area contributed by atoms with Gasteiger partial charge in [-0.05, 0) is 29.8 Å². The van der Waals surface area contributed by atoms with E-state index in [4.69, 9.17) is 10.8 Å². The second kappa shape index (κ2) is 4.88. The van der Waals surface area contributed by atoms with E-state index in [1.165, 1.54) is 12.1 Å². The van der Waals surface area contributed by atoms with Crippen molar-refractivity contribution in [2.75, 3.05) is 5.73 Å². The molecule has 0 saturated heterocycles. The molecule has 1 aromatic carbocycles. The Hall–Kier alpha value is -2.93. The predicted octanol–water partition coefficient (Wildman–Crippen LogP) is 1.98. The number of nitro groups is 1. The Morgan fingerprint density at radius 1 is 1.29 bits per heavy atom. The van der Waals surface area contributed by atoms with E-state index in [-0.39, 0.29) is 12.3 Å². The van der Waals surface area contributed by atoms with Gasteiger partial charge in [0.05, 0.1) is 11.5 Å². The van der Waals surface area contributed by atoms with Crippen LogP contribution in [-0.2, 0) is 6.61 Å². The second-order valence-corrected chi connectivity index (χ2v) is 4.57. The number of benzene rings is 1. The monoisotopic (exact) mass is 284 g/mol. The minimum atomic E-state index is -0.454. The fourth-order valence-electron chi connectivity index (χ4n) is 2.16. The van der Waals surface area contributed by atoms with Gasteiger partial charge in [-0.15, -0.1) is 0 Å². The molecule has 7 nitrogen and oxygen atoms in total. The minimum absolute atomic E-state index is 0.0173. The Labute approximate surface area is 119 Å². The quantitative estimate of drug-likeness (QED) is 0.565. The summed E-state index contributed by atoms with van der Waals surface area (Å²) in [4.78, 5) is 14.6. The number of non-ortho nitro benzene ring substituents is 1. The molecule has 2 aromatic heterocycles. The number of aromatic nitrogens is 2. The first-order valence-corrected chi connectivity index (χ1v) is 6.22. The van der Waals surface area contributed by atoms with Crippen LogP contribution in [0.4, 0.5) is 11.5 Å². The highest BCUT2D eigenvalue weighted by Gasteiger charge is 2.13. The van der Waals surface area contributed by atoms with Crippen molar-refractivity contribution in [3.05, 3.63) is 58.3 Å². The highest BCUT2D eigenvalue weighted by molar-refractivity contribution is 5.75. The summed E-state index contributed by atoms with van der Waals surface area (Å²) in [5.41, 5.74) is 8.70. The Balaban J connectivity index is 2.11. The van der Waals surface area contributed by atoms with Gasteiger partial charge < -0.3 is 10.8 Å². The Morgan fingerprint density at radius 3 is 2.62 bits per heavy atom. The first-order valence-electron chi connectivity index (χ1n) is 6.22. The van der Waals surface area contributed by atoms with Crippen molar-refractivity contribution >= 4 is 17.2 Å². The third-order valence-corrected chi connectivity index (χ3v) is 3.26. The number of fused-ring (bicyclic) bond motifs is 1. The molecule has 0 aliphatic heterocycles. The van der Waals surface area contributed by atoms with Crippen LogP contribution in [0.5, 0.6) is 0 Å². The summed E-state index contributed by atoms with van der Waals surface area (Å²) >= 11 is 0.